The van der Waals surface area contributed by atoms with Gasteiger partial charge in [-0.3, -0.25) is 0 Å². The van der Waals surface area contributed by atoms with Crippen LogP contribution in [0.1, 0.15) is 258 Å². The first kappa shape index (κ1) is 68.9. The maximum Gasteiger partial charge on any atom is 0.143 e. The molecule has 0 amide bonds. The number of hydrogen-bond donors (Lipinski definition) is 0. The average Bonchev–Trinajstić information content (AvgIpc) is 1.50. The minimum atomic E-state index is -0.640. The van der Waals surface area contributed by atoms with Crippen molar-refractivity contribution in [3.8, 4) is 55.6 Å². The van der Waals surface area contributed by atoms with Crippen LogP contribution in [0.3, 0.4) is 0 Å². The van der Waals surface area contributed by atoms with Crippen LogP contribution >= 0.6 is 0 Å². The van der Waals surface area contributed by atoms with Crippen molar-refractivity contribution >= 4 is 60.9 Å². The quantitative estimate of drug-likeness (QED) is 0.0394. The summed E-state index contributed by atoms with van der Waals surface area (Å²) in [6, 6.07) is 85.4. The number of rotatable bonds is 32. The molecular weight excluding hydrogens is 1270 g/mol. The molecule has 105 heavy (non-hydrogen) atoms. The number of benzene rings is 11. The molecule has 0 radical (unpaired) electrons. The fourth-order valence-corrected chi connectivity index (χ4v) is 20.7. The number of para-hydroxylation sites is 2. The molecule has 0 bridgehead atoms. The molecule has 17 rings (SSSR count). The summed E-state index contributed by atoms with van der Waals surface area (Å²) in [6.07, 6.45) is 35.4. The third kappa shape index (κ3) is 11.7. The van der Waals surface area contributed by atoms with Crippen molar-refractivity contribution in [3.05, 3.63) is 268 Å². The molecule has 0 saturated carbocycles. The Bertz CT molecular complexity index is 5230. The molecule has 532 valence electrons. The van der Waals surface area contributed by atoms with Crippen LogP contribution in [0.15, 0.2) is 227 Å². The Morgan fingerprint density at radius 1 is 0.276 bits per heavy atom. The normalized spacial score (nSPS) is 14.3. The summed E-state index contributed by atoms with van der Waals surface area (Å²) in [7, 11) is 0. The zero-order valence-electron chi connectivity index (χ0n) is 63.3. The van der Waals surface area contributed by atoms with Crippen LogP contribution in [-0.4, -0.2) is 0 Å². The Labute approximate surface area is 625 Å². The van der Waals surface area contributed by atoms with E-state index in [0.717, 1.165) is 57.4 Å². The number of aryl methyl sites for hydroxylation is 1. The number of hydrogen-bond acceptors (Lipinski definition) is 3. The standard InChI is InChI=1S/C102H107NO2/c1-6-10-14-18-22-37-61-100(62-38-23-19-15-11-7-2)86-59-60-94-97(79-45-31-35-49-92(79)104-94)96(86)83-69-88-82(68-89(83)100)77-57-55-73(65-87(77)101(88,63-39-24-20-16-12-8-3)64-40-25-21-17-13-9-4)103(72-53-51-70(5)52-54-72)74-56-58-78-90(66-74)102(84-47-33-29-43-75(84)76-44-30-34-48-85(76)102)91-67-81(71-41-27-26-28-42-71)99-98(95(78)91)80-46-32-36-50-93(80)105-99/h26-36,41-60,65-69H,6-25,37-40,61-64H2,1-5H3. The number of furan rings is 2. The van der Waals surface area contributed by atoms with Crippen LogP contribution < -0.4 is 4.90 Å². The smallest absolute Gasteiger partial charge is 0.143 e. The monoisotopic (exact) mass is 1380 g/mol. The van der Waals surface area contributed by atoms with E-state index in [4.69, 9.17) is 8.83 Å². The second-order valence-corrected chi connectivity index (χ2v) is 32.1. The molecule has 0 atom stereocenters. The maximum atomic E-state index is 7.15. The minimum absolute atomic E-state index is 0.113. The van der Waals surface area contributed by atoms with Crippen LogP contribution in [0.5, 0.6) is 0 Å². The molecule has 3 heteroatoms. The van der Waals surface area contributed by atoms with Gasteiger partial charge in [0.25, 0.3) is 0 Å². The van der Waals surface area contributed by atoms with Gasteiger partial charge < -0.3 is 13.7 Å². The fraction of sp³-hybridized carbons (Fsp3) is 0.353. The van der Waals surface area contributed by atoms with Crippen molar-refractivity contribution in [1.29, 1.82) is 0 Å². The SMILES string of the molecule is CCCCCCCCC1(CCCCCCCC)c2cc(N(c3ccc(C)cc3)c3ccc4c(c3)C3(c5ccccc5-c5ccccc53)c3cc(-c5ccccc5)c5oc6ccccc6c5c3-4)ccc2-c2cc3c(cc21)-c1c(ccc2oc4ccccc4c12)C3(CCCCCCCC)CCCCCCCC. The van der Waals surface area contributed by atoms with E-state index < -0.39 is 5.41 Å². The van der Waals surface area contributed by atoms with E-state index in [1.54, 1.807) is 16.7 Å². The highest BCUT2D eigenvalue weighted by molar-refractivity contribution is 6.20. The molecule has 4 aliphatic rings. The van der Waals surface area contributed by atoms with Gasteiger partial charge in [-0.25, -0.2) is 0 Å². The van der Waals surface area contributed by atoms with Gasteiger partial charge in [0, 0.05) is 55.0 Å². The number of nitrogens with zero attached hydrogens (tertiary/aromatic N) is 1. The summed E-state index contributed by atoms with van der Waals surface area (Å²) in [6.45, 7) is 11.7. The Kier molecular flexibility index (Phi) is 19.4. The molecule has 0 N–H and O–H groups in total. The average molecular weight is 1380 g/mol. The lowest BCUT2D eigenvalue weighted by atomic mass is 9.68. The summed E-state index contributed by atoms with van der Waals surface area (Å²) < 4.78 is 14.1. The molecule has 4 aliphatic carbocycles. The first-order valence-electron chi connectivity index (χ1n) is 41.4. The second kappa shape index (κ2) is 29.6. The van der Waals surface area contributed by atoms with Crippen molar-refractivity contribution in [2.45, 2.75) is 231 Å². The molecule has 11 aromatic carbocycles. The third-order valence-corrected chi connectivity index (χ3v) is 25.7. The Morgan fingerprint density at radius 3 is 1.30 bits per heavy atom. The molecule has 0 aliphatic heterocycles. The molecule has 0 unspecified atom stereocenters. The maximum absolute atomic E-state index is 7.15. The highest BCUT2D eigenvalue weighted by Gasteiger charge is 2.54. The molecular formula is C102H107NO2. The van der Waals surface area contributed by atoms with Gasteiger partial charge in [0.05, 0.1) is 5.41 Å². The van der Waals surface area contributed by atoms with Crippen LogP contribution in [0.4, 0.5) is 17.1 Å². The summed E-state index contributed by atoms with van der Waals surface area (Å²) in [5, 5.41) is 4.92. The van der Waals surface area contributed by atoms with Gasteiger partial charge in [0.15, 0.2) is 0 Å². The zero-order valence-corrected chi connectivity index (χ0v) is 63.3. The van der Waals surface area contributed by atoms with E-state index in [1.165, 1.54) is 272 Å². The summed E-state index contributed by atoms with van der Waals surface area (Å²) in [5.41, 5.74) is 32.6. The van der Waals surface area contributed by atoms with E-state index in [-0.39, 0.29) is 10.8 Å². The Balaban J connectivity index is 0.895. The summed E-state index contributed by atoms with van der Waals surface area (Å²) in [4.78, 5) is 2.65. The van der Waals surface area contributed by atoms with Gasteiger partial charge >= 0.3 is 0 Å². The summed E-state index contributed by atoms with van der Waals surface area (Å²) >= 11 is 0. The van der Waals surface area contributed by atoms with E-state index in [9.17, 15) is 0 Å². The highest BCUT2D eigenvalue weighted by Crippen LogP contribution is 2.67. The van der Waals surface area contributed by atoms with Crippen LogP contribution in [0.25, 0.3) is 99.5 Å². The molecule has 0 saturated heterocycles. The number of fused-ring (bicyclic) bond motifs is 24. The predicted molar refractivity (Wildman–Crippen MR) is 447 cm³/mol. The molecule has 2 heterocycles. The van der Waals surface area contributed by atoms with E-state index in [2.05, 4.69) is 258 Å². The molecule has 1 spiro atoms. The van der Waals surface area contributed by atoms with Crippen LogP contribution in [0, 0.1) is 6.92 Å². The van der Waals surface area contributed by atoms with Crippen LogP contribution in [0.2, 0.25) is 0 Å². The lowest BCUT2D eigenvalue weighted by Gasteiger charge is -2.35. The first-order valence-corrected chi connectivity index (χ1v) is 41.4. The highest BCUT2D eigenvalue weighted by atomic mass is 16.3. The summed E-state index contributed by atoms with van der Waals surface area (Å²) in [5.74, 6) is 0. The van der Waals surface area contributed by atoms with E-state index >= 15 is 0 Å². The van der Waals surface area contributed by atoms with Gasteiger partial charge in [-0.2, -0.15) is 0 Å². The van der Waals surface area contributed by atoms with Gasteiger partial charge in [0.2, 0.25) is 0 Å². The largest absolute Gasteiger partial charge is 0.456 e. The van der Waals surface area contributed by atoms with Crippen molar-refractivity contribution in [2.24, 2.45) is 0 Å². The van der Waals surface area contributed by atoms with Crippen molar-refractivity contribution in [3.63, 3.8) is 0 Å². The lowest BCUT2D eigenvalue weighted by molar-refractivity contribution is 0.394. The zero-order chi connectivity index (χ0) is 71.1. The van der Waals surface area contributed by atoms with Crippen molar-refractivity contribution in [2.75, 3.05) is 4.90 Å². The Hall–Kier alpha value is -9.18. The van der Waals surface area contributed by atoms with Crippen molar-refractivity contribution in [1.82, 2.24) is 0 Å². The number of unbranched alkanes of at least 4 members (excludes halogenated alkanes) is 20. The molecule has 3 nitrogen and oxygen atoms in total. The predicted octanol–water partition coefficient (Wildman–Crippen LogP) is 30.8. The lowest BCUT2D eigenvalue weighted by Crippen LogP contribution is -2.27. The Morgan fingerprint density at radius 2 is 0.705 bits per heavy atom. The second-order valence-electron chi connectivity index (χ2n) is 32.1. The minimum Gasteiger partial charge on any atom is -0.456 e. The third-order valence-electron chi connectivity index (χ3n) is 25.7. The fourth-order valence-electron chi connectivity index (χ4n) is 20.7. The van der Waals surface area contributed by atoms with Crippen LogP contribution in [-0.2, 0) is 16.2 Å². The topological polar surface area (TPSA) is 29.5 Å². The van der Waals surface area contributed by atoms with E-state index in [0.29, 0.717) is 0 Å². The molecule has 13 aromatic rings. The van der Waals surface area contributed by atoms with E-state index in [1.807, 2.05) is 0 Å². The van der Waals surface area contributed by atoms with Gasteiger partial charge in [-0.1, -0.05) is 333 Å². The first-order chi connectivity index (χ1) is 51.8. The number of anilines is 3. The molecule has 0 fully saturated rings. The van der Waals surface area contributed by atoms with Crippen molar-refractivity contribution < 1.29 is 8.83 Å². The van der Waals surface area contributed by atoms with Gasteiger partial charge in [-0.15, -0.1) is 0 Å². The van der Waals surface area contributed by atoms with Gasteiger partial charge in [-0.05, 0) is 200 Å². The molecule has 2 aromatic heterocycles. The van der Waals surface area contributed by atoms with Gasteiger partial charge in [0.1, 0.15) is 22.3 Å².